The fourth-order valence-electron chi connectivity index (χ4n) is 3.96. The molecule has 0 radical (unpaired) electrons. The molecule has 3 aromatic carbocycles. The van der Waals surface area contributed by atoms with Crippen molar-refractivity contribution in [3.8, 4) is 0 Å². The summed E-state index contributed by atoms with van der Waals surface area (Å²) in [4.78, 5) is 54.3. The molecule has 0 aliphatic carbocycles. The standard InChI is InChI=1S/C23H15N3O4/c1-12-17(24)10-11-18(25-20(27)13-6-2-3-7-14(13)21(25)28)19(12)26-22(29)15-8-4-5-9-16(15)23(26)30/h2-11H,24H2,1H3. The molecule has 2 heterocycles. The molecule has 2 aliphatic heterocycles. The van der Waals surface area contributed by atoms with Gasteiger partial charge in [-0.25, -0.2) is 9.80 Å². The van der Waals surface area contributed by atoms with Gasteiger partial charge in [0.15, 0.2) is 0 Å². The third kappa shape index (κ3) is 2.20. The largest absolute Gasteiger partial charge is 0.398 e. The molecule has 5 rings (SSSR count). The summed E-state index contributed by atoms with van der Waals surface area (Å²) < 4.78 is 0. The Morgan fingerprint density at radius 2 is 1.00 bits per heavy atom. The van der Waals surface area contributed by atoms with E-state index >= 15 is 0 Å². The molecule has 0 unspecified atom stereocenters. The summed E-state index contributed by atoms with van der Waals surface area (Å²) in [5, 5.41) is 0. The number of nitrogens with zero attached hydrogens (tertiary/aromatic N) is 2. The number of carbonyl (C=O) groups is 4. The highest BCUT2D eigenvalue weighted by Crippen LogP contribution is 2.42. The van der Waals surface area contributed by atoms with Gasteiger partial charge in [-0.15, -0.1) is 0 Å². The topological polar surface area (TPSA) is 101 Å². The summed E-state index contributed by atoms with van der Waals surface area (Å²) in [6, 6.07) is 16.0. The van der Waals surface area contributed by atoms with Gasteiger partial charge in [0, 0.05) is 5.69 Å². The molecule has 0 spiro atoms. The quantitative estimate of drug-likeness (QED) is 0.529. The molecule has 30 heavy (non-hydrogen) atoms. The van der Waals surface area contributed by atoms with E-state index in [9.17, 15) is 19.2 Å². The number of carbonyl (C=O) groups excluding carboxylic acids is 4. The Morgan fingerprint density at radius 1 is 0.600 bits per heavy atom. The second kappa shape index (κ2) is 6.12. The Morgan fingerprint density at radius 3 is 1.43 bits per heavy atom. The number of hydrogen-bond acceptors (Lipinski definition) is 5. The van der Waals surface area contributed by atoms with Crippen LogP contribution in [0.25, 0.3) is 0 Å². The number of imide groups is 2. The van der Waals surface area contributed by atoms with Crippen LogP contribution >= 0.6 is 0 Å². The summed E-state index contributed by atoms with van der Waals surface area (Å²) >= 11 is 0. The van der Waals surface area contributed by atoms with Crippen molar-refractivity contribution in [2.75, 3.05) is 15.5 Å². The van der Waals surface area contributed by atoms with Crippen LogP contribution in [-0.2, 0) is 0 Å². The molecule has 0 aromatic heterocycles. The maximum absolute atomic E-state index is 13.1. The maximum Gasteiger partial charge on any atom is 0.266 e. The number of nitrogens with two attached hydrogens (primary N) is 1. The monoisotopic (exact) mass is 397 g/mol. The van der Waals surface area contributed by atoms with Gasteiger partial charge in [0.25, 0.3) is 23.6 Å². The SMILES string of the molecule is Cc1c(N)ccc(N2C(=O)c3ccccc3C2=O)c1N1C(=O)c2ccccc2C1=O. The maximum atomic E-state index is 13.1. The van der Waals surface area contributed by atoms with Gasteiger partial charge in [0.2, 0.25) is 0 Å². The molecule has 7 nitrogen and oxygen atoms in total. The van der Waals surface area contributed by atoms with E-state index in [1.54, 1.807) is 61.5 Å². The van der Waals surface area contributed by atoms with Gasteiger partial charge in [-0.3, -0.25) is 19.2 Å². The summed E-state index contributed by atoms with van der Waals surface area (Å²) in [6.07, 6.45) is 0. The Labute approximate surface area is 171 Å². The van der Waals surface area contributed by atoms with Gasteiger partial charge in [-0.1, -0.05) is 24.3 Å². The van der Waals surface area contributed by atoms with E-state index in [1.165, 1.54) is 6.07 Å². The minimum atomic E-state index is -0.526. The Balaban J connectivity index is 1.72. The Hall–Kier alpha value is -4.26. The average molecular weight is 397 g/mol. The Kier molecular flexibility index (Phi) is 3.63. The number of benzene rings is 3. The lowest BCUT2D eigenvalue weighted by Gasteiger charge is -2.25. The van der Waals surface area contributed by atoms with Crippen molar-refractivity contribution in [3.05, 3.63) is 88.5 Å². The van der Waals surface area contributed by atoms with Crippen molar-refractivity contribution in [2.24, 2.45) is 0 Å². The van der Waals surface area contributed by atoms with Gasteiger partial charge in [-0.05, 0) is 48.9 Å². The highest BCUT2D eigenvalue weighted by Gasteiger charge is 2.43. The summed E-state index contributed by atoms with van der Waals surface area (Å²) in [6.45, 7) is 1.65. The first-order chi connectivity index (χ1) is 14.4. The van der Waals surface area contributed by atoms with Crippen LogP contribution in [0, 0.1) is 6.92 Å². The normalized spacial score (nSPS) is 15.1. The van der Waals surface area contributed by atoms with E-state index in [-0.39, 0.29) is 33.6 Å². The van der Waals surface area contributed by atoms with Gasteiger partial charge in [0.05, 0.1) is 33.6 Å². The van der Waals surface area contributed by atoms with Crippen LogP contribution in [0.3, 0.4) is 0 Å². The fraction of sp³-hybridized carbons (Fsp3) is 0.0435. The fourth-order valence-corrected chi connectivity index (χ4v) is 3.96. The van der Waals surface area contributed by atoms with Gasteiger partial charge in [-0.2, -0.15) is 0 Å². The number of anilines is 3. The molecule has 0 fully saturated rings. The molecule has 0 saturated heterocycles. The lowest BCUT2D eigenvalue weighted by atomic mass is 10.1. The molecule has 146 valence electrons. The molecule has 3 aromatic rings. The van der Waals surface area contributed by atoms with Crippen LogP contribution in [0.5, 0.6) is 0 Å². The van der Waals surface area contributed by atoms with Crippen molar-refractivity contribution < 1.29 is 19.2 Å². The number of hydrogen-bond donors (Lipinski definition) is 1. The van der Waals surface area contributed by atoms with E-state index in [2.05, 4.69) is 0 Å². The molecule has 2 aliphatic rings. The number of amides is 4. The van der Waals surface area contributed by atoms with Crippen molar-refractivity contribution >= 4 is 40.7 Å². The van der Waals surface area contributed by atoms with Crippen molar-refractivity contribution in [2.45, 2.75) is 6.92 Å². The summed E-state index contributed by atoms with van der Waals surface area (Å²) in [5.41, 5.74) is 8.17. The van der Waals surface area contributed by atoms with E-state index in [1.807, 2.05) is 0 Å². The minimum Gasteiger partial charge on any atom is -0.398 e. The van der Waals surface area contributed by atoms with E-state index in [4.69, 9.17) is 5.73 Å². The molecule has 0 atom stereocenters. The van der Waals surface area contributed by atoms with Crippen molar-refractivity contribution in [1.29, 1.82) is 0 Å². The van der Waals surface area contributed by atoms with Crippen LogP contribution in [0.15, 0.2) is 60.7 Å². The van der Waals surface area contributed by atoms with E-state index in [0.717, 1.165) is 9.80 Å². The second-order valence-corrected chi connectivity index (χ2v) is 7.13. The highest BCUT2D eigenvalue weighted by atomic mass is 16.2. The van der Waals surface area contributed by atoms with Crippen LogP contribution in [0.1, 0.15) is 47.0 Å². The predicted octanol–water partition coefficient (Wildman–Crippen LogP) is 3.18. The lowest BCUT2D eigenvalue weighted by molar-refractivity contribution is 0.0904. The molecule has 2 N–H and O–H groups in total. The summed E-state index contributed by atoms with van der Waals surface area (Å²) in [7, 11) is 0. The third-order valence-electron chi connectivity index (χ3n) is 5.50. The first-order valence-corrected chi connectivity index (χ1v) is 9.26. The lowest BCUT2D eigenvalue weighted by Crippen LogP contribution is -2.35. The van der Waals surface area contributed by atoms with Gasteiger partial charge in [0.1, 0.15) is 0 Å². The molecule has 0 saturated carbocycles. The number of rotatable bonds is 2. The summed E-state index contributed by atoms with van der Waals surface area (Å²) in [5.74, 6) is -2.08. The van der Waals surface area contributed by atoms with Crippen molar-refractivity contribution in [1.82, 2.24) is 0 Å². The zero-order chi connectivity index (χ0) is 21.2. The van der Waals surface area contributed by atoms with Crippen LogP contribution in [0.4, 0.5) is 17.1 Å². The average Bonchev–Trinajstić information content (AvgIpc) is 3.16. The zero-order valence-corrected chi connectivity index (χ0v) is 15.9. The zero-order valence-electron chi connectivity index (χ0n) is 15.9. The predicted molar refractivity (Wildman–Crippen MR) is 111 cm³/mol. The van der Waals surface area contributed by atoms with Crippen LogP contribution < -0.4 is 15.5 Å². The molecule has 0 bridgehead atoms. The first-order valence-electron chi connectivity index (χ1n) is 9.26. The molecule has 7 heteroatoms. The van der Waals surface area contributed by atoms with Gasteiger partial charge < -0.3 is 5.73 Å². The smallest absolute Gasteiger partial charge is 0.266 e. The third-order valence-corrected chi connectivity index (χ3v) is 5.50. The first kappa shape index (κ1) is 17.8. The Bertz CT molecular complexity index is 1240. The number of nitrogen functional groups attached to an aromatic ring is 1. The number of fused-ring (bicyclic) bond motifs is 2. The van der Waals surface area contributed by atoms with Crippen LogP contribution in [0.2, 0.25) is 0 Å². The van der Waals surface area contributed by atoms with Crippen molar-refractivity contribution in [3.63, 3.8) is 0 Å². The van der Waals surface area contributed by atoms with E-state index in [0.29, 0.717) is 11.3 Å². The highest BCUT2D eigenvalue weighted by molar-refractivity contribution is 6.39. The second-order valence-electron chi connectivity index (χ2n) is 7.13. The molecule has 4 amide bonds. The minimum absolute atomic E-state index is 0.135. The molecular formula is C23H15N3O4. The van der Waals surface area contributed by atoms with Crippen LogP contribution in [-0.4, -0.2) is 23.6 Å². The van der Waals surface area contributed by atoms with E-state index < -0.39 is 23.6 Å². The molecular weight excluding hydrogens is 382 g/mol. The van der Waals surface area contributed by atoms with Gasteiger partial charge >= 0.3 is 0 Å².